The number of aryl methyl sites for hydroxylation is 2. The number of rotatable bonds is 5. The van der Waals surface area contributed by atoms with Gasteiger partial charge in [0.2, 0.25) is 0 Å². The Kier molecular flexibility index (Phi) is 7.88. The quantitative estimate of drug-likeness (QED) is 0.398. The summed E-state index contributed by atoms with van der Waals surface area (Å²) in [5.74, 6) is 1.85. The molecule has 1 aromatic carbocycles. The first-order valence-corrected chi connectivity index (χ1v) is 9.07. The number of oxazole rings is 1. The lowest BCUT2D eigenvalue weighted by Crippen LogP contribution is -2.51. The first-order valence-electron chi connectivity index (χ1n) is 9.07. The molecule has 2 aromatic rings. The third-order valence-corrected chi connectivity index (χ3v) is 4.58. The van der Waals surface area contributed by atoms with Crippen molar-refractivity contribution in [1.29, 1.82) is 0 Å². The molecule has 27 heavy (non-hydrogen) atoms. The Hall–Kier alpha value is -1.84. The van der Waals surface area contributed by atoms with Crippen LogP contribution in [0.25, 0.3) is 0 Å². The van der Waals surface area contributed by atoms with Crippen molar-refractivity contribution < 1.29 is 8.81 Å². The molecule has 2 heterocycles. The SMILES string of the molecule is CCCc1nc(C)c(CN=C(N)N2CCN(c3ccc(F)cc3)CC2)o1.I. The number of hydrogen-bond acceptors (Lipinski definition) is 4. The minimum Gasteiger partial charge on any atom is -0.443 e. The molecule has 6 nitrogen and oxygen atoms in total. The molecule has 1 aliphatic rings. The van der Waals surface area contributed by atoms with Gasteiger partial charge in [-0.25, -0.2) is 14.4 Å². The second-order valence-electron chi connectivity index (χ2n) is 6.49. The van der Waals surface area contributed by atoms with Gasteiger partial charge in [0, 0.05) is 38.3 Å². The highest BCUT2D eigenvalue weighted by atomic mass is 127. The maximum atomic E-state index is 13.0. The van der Waals surface area contributed by atoms with Crippen molar-refractivity contribution in [2.24, 2.45) is 10.7 Å². The van der Waals surface area contributed by atoms with Crippen LogP contribution in [0.15, 0.2) is 33.7 Å². The lowest BCUT2D eigenvalue weighted by atomic mass is 10.2. The third kappa shape index (κ3) is 5.57. The number of guanidine groups is 1. The lowest BCUT2D eigenvalue weighted by molar-refractivity contribution is 0.379. The maximum Gasteiger partial charge on any atom is 0.194 e. The van der Waals surface area contributed by atoms with Crippen molar-refractivity contribution in [2.45, 2.75) is 33.2 Å². The van der Waals surface area contributed by atoms with Crippen molar-refractivity contribution in [3.8, 4) is 0 Å². The number of nitrogens with zero attached hydrogens (tertiary/aromatic N) is 4. The van der Waals surface area contributed by atoms with Gasteiger partial charge < -0.3 is 20.0 Å². The van der Waals surface area contributed by atoms with Gasteiger partial charge in [-0.1, -0.05) is 6.92 Å². The Morgan fingerprint density at radius 2 is 1.89 bits per heavy atom. The number of anilines is 1. The summed E-state index contributed by atoms with van der Waals surface area (Å²) in [5, 5.41) is 0. The van der Waals surface area contributed by atoms with Gasteiger partial charge in [0.05, 0.1) is 5.69 Å². The number of aromatic nitrogens is 1. The minimum atomic E-state index is -0.214. The van der Waals surface area contributed by atoms with Gasteiger partial charge in [-0.05, 0) is 37.6 Å². The highest BCUT2D eigenvalue weighted by Gasteiger charge is 2.19. The van der Waals surface area contributed by atoms with Crippen LogP contribution in [0.1, 0.15) is 30.7 Å². The van der Waals surface area contributed by atoms with E-state index in [1.807, 2.05) is 19.1 Å². The first kappa shape index (κ1) is 21.5. The molecular formula is C19H27FIN5O. The zero-order valence-corrected chi connectivity index (χ0v) is 18.2. The zero-order valence-electron chi connectivity index (χ0n) is 15.8. The van der Waals surface area contributed by atoms with Gasteiger partial charge in [-0.3, -0.25) is 0 Å². The fourth-order valence-electron chi connectivity index (χ4n) is 3.05. The molecule has 1 aliphatic heterocycles. The van der Waals surface area contributed by atoms with Crippen molar-refractivity contribution >= 4 is 35.6 Å². The summed E-state index contributed by atoms with van der Waals surface area (Å²) in [7, 11) is 0. The van der Waals surface area contributed by atoms with Crippen molar-refractivity contribution in [3.63, 3.8) is 0 Å². The summed E-state index contributed by atoms with van der Waals surface area (Å²) < 4.78 is 18.8. The van der Waals surface area contributed by atoms with Crippen LogP contribution in [0.4, 0.5) is 10.1 Å². The van der Waals surface area contributed by atoms with E-state index in [0.717, 1.165) is 62.1 Å². The van der Waals surface area contributed by atoms with Crippen molar-refractivity contribution in [2.75, 3.05) is 31.1 Å². The number of halogens is 2. The second-order valence-corrected chi connectivity index (χ2v) is 6.49. The Bertz CT molecular complexity index is 754. The van der Waals surface area contributed by atoms with E-state index in [1.54, 1.807) is 0 Å². The standard InChI is InChI=1S/C19H26FN5O.HI/c1-3-4-18-23-14(2)17(26-18)13-22-19(21)25-11-9-24(10-12-25)16-7-5-15(20)6-8-16;/h5-8H,3-4,9-13H2,1-2H3,(H2,21,22);1H. The average Bonchev–Trinajstić information content (AvgIpc) is 3.00. The van der Waals surface area contributed by atoms with Crippen LogP contribution in [0, 0.1) is 12.7 Å². The molecule has 0 spiro atoms. The molecule has 0 bridgehead atoms. The molecule has 8 heteroatoms. The molecule has 0 saturated carbocycles. The minimum absolute atomic E-state index is 0. The molecule has 2 N–H and O–H groups in total. The second kappa shape index (κ2) is 9.91. The van der Waals surface area contributed by atoms with Crippen LogP contribution >= 0.6 is 24.0 Å². The smallest absolute Gasteiger partial charge is 0.194 e. The fourth-order valence-corrected chi connectivity index (χ4v) is 3.05. The van der Waals surface area contributed by atoms with E-state index in [4.69, 9.17) is 10.2 Å². The van der Waals surface area contributed by atoms with Crippen LogP contribution in [-0.4, -0.2) is 42.0 Å². The third-order valence-electron chi connectivity index (χ3n) is 4.58. The number of aliphatic imine (C=N–C) groups is 1. The average molecular weight is 487 g/mol. The van der Waals surface area contributed by atoms with Gasteiger partial charge in [-0.2, -0.15) is 0 Å². The lowest BCUT2D eigenvalue weighted by Gasteiger charge is -2.36. The number of hydrogen-bond donors (Lipinski definition) is 1. The maximum absolute atomic E-state index is 13.0. The monoisotopic (exact) mass is 487 g/mol. The van der Waals surface area contributed by atoms with E-state index < -0.39 is 0 Å². The van der Waals surface area contributed by atoms with Crippen LogP contribution in [0.2, 0.25) is 0 Å². The molecule has 1 aromatic heterocycles. The van der Waals surface area contributed by atoms with E-state index in [-0.39, 0.29) is 29.8 Å². The number of nitrogens with two attached hydrogens (primary N) is 1. The first-order chi connectivity index (χ1) is 12.6. The number of benzene rings is 1. The molecular weight excluding hydrogens is 460 g/mol. The molecule has 0 radical (unpaired) electrons. The molecule has 1 fully saturated rings. The van der Waals surface area contributed by atoms with E-state index in [0.29, 0.717) is 12.5 Å². The zero-order chi connectivity index (χ0) is 18.5. The molecule has 1 saturated heterocycles. The van der Waals surface area contributed by atoms with E-state index >= 15 is 0 Å². The van der Waals surface area contributed by atoms with Gasteiger partial charge in [0.25, 0.3) is 0 Å². The molecule has 0 atom stereocenters. The van der Waals surface area contributed by atoms with E-state index in [9.17, 15) is 4.39 Å². The molecule has 0 unspecified atom stereocenters. The highest BCUT2D eigenvalue weighted by molar-refractivity contribution is 14.0. The predicted octanol–water partition coefficient (Wildman–Crippen LogP) is 3.33. The predicted molar refractivity (Wildman–Crippen MR) is 116 cm³/mol. The normalized spacial score (nSPS) is 15.0. The molecule has 148 valence electrons. The molecule has 0 amide bonds. The summed E-state index contributed by atoms with van der Waals surface area (Å²) in [6.07, 6.45) is 1.84. The number of piperazine rings is 1. The van der Waals surface area contributed by atoms with Gasteiger partial charge in [0.1, 0.15) is 18.1 Å². The van der Waals surface area contributed by atoms with Gasteiger partial charge in [0.15, 0.2) is 11.9 Å². The topological polar surface area (TPSA) is 70.9 Å². The van der Waals surface area contributed by atoms with E-state index in [1.165, 1.54) is 12.1 Å². The van der Waals surface area contributed by atoms with Gasteiger partial charge in [-0.15, -0.1) is 24.0 Å². The molecule has 3 rings (SSSR count). The summed E-state index contributed by atoms with van der Waals surface area (Å²) in [4.78, 5) is 13.2. The van der Waals surface area contributed by atoms with Crippen molar-refractivity contribution in [3.05, 3.63) is 47.4 Å². The van der Waals surface area contributed by atoms with Crippen molar-refractivity contribution in [1.82, 2.24) is 9.88 Å². The Morgan fingerprint density at radius 1 is 1.22 bits per heavy atom. The summed E-state index contributed by atoms with van der Waals surface area (Å²) in [6.45, 7) is 7.65. The van der Waals surface area contributed by atoms with Crippen LogP contribution < -0.4 is 10.6 Å². The summed E-state index contributed by atoms with van der Waals surface area (Å²) in [5.41, 5.74) is 8.07. The van der Waals surface area contributed by atoms with Gasteiger partial charge >= 0.3 is 0 Å². The van der Waals surface area contributed by atoms with E-state index in [2.05, 4.69) is 26.7 Å². The fraction of sp³-hybridized carbons (Fsp3) is 0.474. The Balaban J connectivity index is 0.00000261. The Morgan fingerprint density at radius 3 is 2.52 bits per heavy atom. The summed E-state index contributed by atoms with van der Waals surface area (Å²) in [6, 6.07) is 6.60. The summed E-state index contributed by atoms with van der Waals surface area (Å²) >= 11 is 0. The van der Waals surface area contributed by atoms with Crippen LogP contribution in [-0.2, 0) is 13.0 Å². The molecule has 0 aliphatic carbocycles. The highest BCUT2D eigenvalue weighted by Crippen LogP contribution is 2.17. The largest absolute Gasteiger partial charge is 0.443 e. The Labute approximate surface area is 176 Å². The van der Waals surface area contributed by atoms with Crippen LogP contribution in [0.5, 0.6) is 0 Å². The van der Waals surface area contributed by atoms with Crippen LogP contribution in [0.3, 0.4) is 0 Å².